The molecule has 2 rings (SSSR count). The maximum Gasteiger partial charge on any atom is 0.276 e. The number of nitrogen functional groups attached to an aromatic ring is 1. The van der Waals surface area contributed by atoms with Gasteiger partial charge in [-0.15, -0.1) is 0 Å². The first-order valence-electron chi connectivity index (χ1n) is 5.75. The van der Waals surface area contributed by atoms with E-state index in [4.69, 9.17) is 5.73 Å². The van der Waals surface area contributed by atoms with Crippen LogP contribution >= 0.6 is 15.9 Å². The summed E-state index contributed by atoms with van der Waals surface area (Å²) in [6, 6.07) is 3.91. The van der Waals surface area contributed by atoms with Gasteiger partial charge in [0.2, 0.25) is 0 Å². The summed E-state index contributed by atoms with van der Waals surface area (Å²) in [7, 11) is 1.69. The lowest BCUT2D eigenvalue weighted by atomic mass is 10.1. The fraction of sp³-hybridized carbons (Fsp3) is 0.231. The van der Waals surface area contributed by atoms with Crippen molar-refractivity contribution in [2.75, 3.05) is 11.1 Å². The van der Waals surface area contributed by atoms with Crippen LogP contribution in [0.1, 0.15) is 21.6 Å². The van der Waals surface area contributed by atoms with Crippen molar-refractivity contribution in [1.82, 2.24) is 9.78 Å². The monoisotopic (exact) mass is 322 g/mol. The molecule has 0 aliphatic rings. The SMILES string of the molecule is Cc1cc(Br)cc(C)c1NC(=O)c1c(N)cnn1C. The molecule has 0 aliphatic carbocycles. The Morgan fingerprint density at radius 2 is 1.95 bits per heavy atom. The molecule has 1 heterocycles. The minimum atomic E-state index is -0.258. The Hall–Kier alpha value is -1.82. The first kappa shape index (κ1) is 13.6. The fourth-order valence-electron chi connectivity index (χ4n) is 2.01. The number of hydrogen-bond acceptors (Lipinski definition) is 3. The number of carbonyl (C=O) groups is 1. The number of hydrogen-bond donors (Lipinski definition) is 2. The molecule has 1 amide bonds. The molecule has 6 heteroatoms. The van der Waals surface area contributed by atoms with Gasteiger partial charge in [0.1, 0.15) is 5.69 Å². The van der Waals surface area contributed by atoms with Gasteiger partial charge in [0.15, 0.2) is 0 Å². The number of halogens is 1. The minimum absolute atomic E-state index is 0.258. The van der Waals surface area contributed by atoms with E-state index < -0.39 is 0 Å². The number of carbonyl (C=O) groups excluding carboxylic acids is 1. The molecule has 5 nitrogen and oxygen atoms in total. The largest absolute Gasteiger partial charge is 0.396 e. The average Bonchev–Trinajstić information content (AvgIpc) is 2.63. The molecule has 1 aromatic heterocycles. The van der Waals surface area contributed by atoms with Crippen LogP contribution in [0.4, 0.5) is 11.4 Å². The molecule has 0 saturated heterocycles. The van der Waals surface area contributed by atoms with Gasteiger partial charge in [-0.2, -0.15) is 5.10 Å². The number of aryl methyl sites for hydroxylation is 3. The van der Waals surface area contributed by atoms with Crippen molar-refractivity contribution in [3.05, 3.63) is 39.6 Å². The zero-order valence-electron chi connectivity index (χ0n) is 11.0. The van der Waals surface area contributed by atoms with Crippen LogP contribution in [0.25, 0.3) is 0 Å². The predicted octanol–water partition coefficient (Wildman–Crippen LogP) is 2.63. The predicted molar refractivity (Wildman–Crippen MR) is 79.2 cm³/mol. The van der Waals surface area contributed by atoms with Crippen LogP contribution in [0.2, 0.25) is 0 Å². The highest BCUT2D eigenvalue weighted by atomic mass is 79.9. The van der Waals surface area contributed by atoms with Gasteiger partial charge in [0.25, 0.3) is 5.91 Å². The molecule has 0 radical (unpaired) electrons. The zero-order chi connectivity index (χ0) is 14.2. The van der Waals surface area contributed by atoms with E-state index in [1.807, 2.05) is 26.0 Å². The van der Waals surface area contributed by atoms with Gasteiger partial charge >= 0.3 is 0 Å². The standard InChI is InChI=1S/C13H15BrN4O/c1-7-4-9(14)5-8(2)11(7)17-13(19)12-10(15)6-16-18(12)3/h4-6H,15H2,1-3H3,(H,17,19). The van der Waals surface area contributed by atoms with Gasteiger partial charge in [0, 0.05) is 17.2 Å². The summed E-state index contributed by atoms with van der Waals surface area (Å²) in [5.74, 6) is -0.258. The second-order valence-electron chi connectivity index (χ2n) is 4.44. The Labute approximate surface area is 119 Å². The zero-order valence-corrected chi connectivity index (χ0v) is 12.6. The number of nitrogens with one attached hydrogen (secondary N) is 1. The van der Waals surface area contributed by atoms with E-state index in [1.165, 1.54) is 10.9 Å². The van der Waals surface area contributed by atoms with Crippen molar-refractivity contribution in [3.63, 3.8) is 0 Å². The van der Waals surface area contributed by atoms with E-state index in [1.54, 1.807) is 7.05 Å². The molecule has 1 aromatic carbocycles. The van der Waals surface area contributed by atoms with Crippen molar-refractivity contribution in [2.45, 2.75) is 13.8 Å². The number of rotatable bonds is 2. The molecule has 0 aliphatic heterocycles. The summed E-state index contributed by atoms with van der Waals surface area (Å²) in [4.78, 5) is 12.2. The summed E-state index contributed by atoms with van der Waals surface area (Å²) < 4.78 is 2.45. The van der Waals surface area contributed by atoms with Crippen LogP contribution in [0, 0.1) is 13.8 Å². The minimum Gasteiger partial charge on any atom is -0.396 e. The number of amides is 1. The number of anilines is 2. The van der Waals surface area contributed by atoms with E-state index in [9.17, 15) is 4.79 Å². The smallest absolute Gasteiger partial charge is 0.276 e. The van der Waals surface area contributed by atoms with Crippen LogP contribution in [0.5, 0.6) is 0 Å². The molecule has 0 fully saturated rings. The normalized spacial score (nSPS) is 10.5. The lowest BCUT2D eigenvalue weighted by Gasteiger charge is -2.12. The molecular formula is C13H15BrN4O. The Morgan fingerprint density at radius 1 is 1.37 bits per heavy atom. The average molecular weight is 323 g/mol. The van der Waals surface area contributed by atoms with E-state index in [0.29, 0.717) is 11.4 Å². The highest BCUT2D eigenvalue weighted by Crippen LogP contribution is 2.26. The van der Waals surface area contributed by atoms with Crippen LogP contribution in [0.15, 0.2) is 22.8 Å². The second-order valence-corrected chi connectivity index (χ2v) is 5.36. The lowest BCUT2D eigenvalue weighted by Crippen LogP contribution is -2.18. The third-order valence-electron chi connectivity index (χ3n) is 2.92. The third-order valence-corrected chi connectivity index (χ3v) is 3.38. The Balaban J connectivity index is 2.35. The number of benzene rings is 1. The third kappa shape index (κ3) is 2.63. The van der Waals surface area contributed by atoms with Crippen molar-refractivity contribution < 1.29 is 4.79 Å². The van der Waals surface area contributed by atoms with Crippen LogP contribution in [-0.4, -0.2) is 15.7 Å². The molecule has 0 atom stereocenters. The van der Waals surface area contributed by atoms with Crippen molar-refractivity contribution >= 4 is 33.2 Å². The number of aromatic nitrogens is 2. The lowest BCUT2D eigenvalue weighted by molar-refractivity contribution is 0.101. The van der Waals surface area contributed by atoms with Crippen LogP contribution < -0.4 is 11.1 Å². The Kier molecular flexibility index (Phi) is 3.61. The van der Waals surface area contributed by atoms with Crippen LogP contribution in [-0.2, 0) is 7.05 Å². The molecule has 0 unspecified atom stereocenters. The maximum absolute atomic E-state index is 12.2. The molecule has 19 heavy (non-hydrogen) atoms. The maximum atomic E-state index is 12.2. The van der Waals surface area contributed by atoms with Gasteiger partial charge in [0.05, 0.1) is 11.9 Å². The Bertz CT molecular complexity index is 606. The molecule has 0 spiro atoms. The summed E-state index contributed by atoms with van der Waals surface area (Å²) in [6.07, 6.45) is 1.47. The van der Waals surface area contributed by atoms with Crippen LogP contribution in [0.3, 0.4) is 0 Å². The van der Waals surface area contributed by atoms with E-state index in [0.717, 1.165) is 21.3 Å². The van der Waals surface area contributed by atoms with Gasteiger partial charge in [-0.05, 0) is 37.1 Å². The topological polar surface area (TPSA) is 72.9 Å². The van der Waals surface area contributed by atoms with Gasteiger partial charge < -0.3 is 11.1 Å². The van der Waals surface area contributed by atoms with Gasteiger partial charge in [-0.25, -0.2) is 0 Å². The first-order valence-corrected chi connectivity index (χ1v) is 6.55. The van der Waals surface area contributed by atoms with Gasteiger partial charge in [-0.3, -0.25) is 9.48 Å². The van der Waals surface area contributed by atoms with Crippen molar-refractivity contribution in [1.29, 1.82) is 0 Å². The summed E-state index contributed by atoms with van der Waals surface area (Å²) in [5, 5.41) is 6.85. The number of nitrogens with two attached hydrogens (primary N) is 1. The van der Waals surface area contributed by atoms with Crippen molar-refractivity contribution in [2.24, 2.45) is 7.05 Å². The molecule has 2 aromatic rings. The van der Waals surface area contributed by atoms with E-state index in [2.05, 4.69) is 26.3 Å². The molecule has 3 N–H and O–H groups in total. The fourth-order valence-corrected chi connectivity index (χ4v) is 2.70. The van der Waals surface area contributed by atoms with E-state index in [-0.39, 0.29) is 5.91 Å². The highest BCUT2D eigenvalue weighted by molar-refractivity contribution is 9.10. The highest BCUT2D eigenvalue weighted by Gasteiger charge is 2.16. The number of nitrogens with zero attached hydrogens (tertiary/aromatic N) is 2. The van der Waals surface area contributed by atoms with E-state index >= 15 is 0 Å². The molecule has 0 saturated carbocycles. The summed E-state index contributed by atoms with van der Waals surface area (Å²) in [5.41, 5.74) is 9.25. The van der Waals surface area contributed by atoms with Gasteiger partial charge in [-0.1, -0.05) is 15.9 Å². The second kappa shape index (κ2) is 5.05. The molecule has 0 bridgehead atoms. The summed E-state index contributed by atoms with van der Waals surface area (Å²) in [6.45, 7) is 3.89. The van der Waals surface area contributed by atoms with Crippen molar-refractivity contribution in [3.8, 4) is 0 Å². The molecule has 100 valence electrons. The quantitative estimate of drug-likeness (QED) is 0.892. The first-order chi connectivity index (χ1) is 8.90. The Morgan fingerprint density at radius 3 is 2.42 bits per heavy atom. The molecular weight excluding hydrogens is 308 g/mol. The summed E-state index contributed by atoms with van der Waals surface area (Å²) >= 11 is 3.43.